The number of hydrogen-bond donors (Lipinski definition) is 3. The zero-order chi connectivity index (χ0) is 23.5. The second-order valence-electron chi connectivity index (χ2n) is 9.17. The molecule has 2 saturated heterocycles. The molecule has 2 fully saturated rings. The van der Waals surface area contributed by atoms with Gasteiger partial charge in [-0.1, -0.05) is 0 Å². The number of aliphatic hydroxyl groups excluding tert-OH is 2. The molecule has 174 valence electrons. The number of carbonyl (C=O) groups excluding carboxylic acids is 2. The molecule has 0 saturated carbocycles. The maximum atomic E-state index is 13.4. The molecule has 32 heavy (non-hydrogen) atoms. The minimum Gasteiger partial charge on any atom is -0.380 e. The first-order valence-corrected chi connectivity index (χ1v) is 11.1. The summed E-state index contributed by atoms with van der Waals surface area (Å²) in [7, 11) is 0. The predicted octanol–water partition coefficient (Wildman–Crippen LogP) is 1.15. The highest BCUT2D eigenvalue weighted by Crippen LogP contribution is 2.32. The number of piperidine rings is 1. The van der Waals surface area contributed by atoms with E-state index in [4.69, 9.17) is 0 Å². The zero-order valence-electron chi connectivity index (χ0n) is 18.6. The third-order valence-electron chi connectivity index (χ3n) is 6.62. The molecule has 0 aliphatic carbocycles. The van der Waals surface area contributed by atoms with Crippen LogP contribution in [0.3, 0.4) is 0 Å². The average molecular weight is 447 g/mol. The van der Waals surface area contributed by atoms with Crippen LogP contribution in [0, 0.1) is 23.1 Å². The highest BCUT2D eigenvalue weighted by Gasteiger charge is 2.39. The number of nitriles is 1. The summed E-state index contributed by atoms with van der Waals surface area (Å²) in [5.74, 6) is -1.77. The van der Waals surface area contributed by atoms with Gasteiger partial charge in [0.15, 0.2) is 12.2 Å². The molecule has 0 spiro atoms. The molecule has 1 aromatic carbocycles. The number of carbonyl (C=O) groups is 2. The summed E-state index contributed by atoms with van der Waals surface area (Å²) in [6, 6.07) is 6.20. The van der Waals surface area contributed by atoms with Crippen molar-refractivity contribution >= 4 is 17.5 Å². The second kappa shape index (κ2) is 9.84. The Hall–Kier alpha value is -2.70. The Bertz CT molecular complexity index is 886. The van der Waals surface area contributed by atoms with E-state index in [2.05, 4.69) is 5.32 Å². The van der Waals surface area contributed by atoms with Gasteiger partial charge in [0.25, 0.3) is 11.8 Å². The van der Waals surface area contributed by atoms with E-state index in [1.54, 1.807) is 6.07 Å². The van der Waals surface area contributed by atoms with Gasteiger partial charge in [-0.2, -0.15) is 5.26 Å². The topological polar surface area (TPSA) is 117 Å². The third-order valence-corrected chi connectivity index (χ3v) is 6.62. The number of halogens is 1. The molecule has 0 unspecified atom stereocenters. The van der Waals surface area contributed by atoms with Crippen molar-refractivity contribution in [2.24, 2.45) is 5.92 Å². The van der Waals surface area contributed by atoms with Crippen LogP contribution in [0.15, 0.2) is 18.2 Å². The minimum absolute atomic E-state index is 0.0762. The first-order chi connectivity index (χ1) is 15.1. The summed E-state index contributed by atoms with van der Waals surface area (Å²) in [5.41, 5.74) is 0.297. The Morgan fingerprint density at radius 1 is 1.16 bits per heavy atom. The fraction of sp³-hybridized carbons (Fsp3) is 0.609. The number of hydrogen-bond acceptors (Lipinski definition) is 6. The summed E-state index contributed by atoms with van der Waals surface area (Å²) in [6.07, 6.45) is -0.504. The molecular formula is C23H31FN4O4. The molecule has 9 heteroatoms. The zero-order valence-corrected chi connectivity index (χ0v) is 18.6. The van der Waals surface area contributed by atoms with E-state index >= 15 is 0 Å². The van der Waals surface area contributed by atoms with Crippen LogP contribution in [0.4, 0.5) is 10.1 Å². The number of rotatable bonds is 6. The van der Waals surface area contributed by atoms with Gasteiger partial charge in [-0.15, -0.1) is 0 Å². The monoisotopic (exact) mass is 446 g/mol. The molecule has 8 nitrogen and oxygen atoms in total. The molecule has 2 amide bonds. The van der Waals surface area contributed by atoms with Crippen molar-refractivity contribution in [1.29, 1.82) is 5.26 Å². The first-order valence-electron chi connectivity index (χ1n) is 11.1. The van der Waals surface area contributed by atoms with Gasteiger partial charge in [0.2, 0.25) is 0 Å². The highest BCUT2D eigenvalue weighted by molar-refractivity contribution is 5.91. The lowest BCUT2D eigenvalue weighted by Crippen LogP contribution is -2.58. The van der Waals surface area contributed by atoms with Crippen molar-refractivity contribution in [3.8, 4) is 6.07 Å². The maximum Gasteiger partial charge on any atom is 0.254 e. The summed E-state index contributed by atoms with van der Waals surface area (Å²) >= 11 is 0. The SMILES string of the molecule is CC(C)(NC(=O)[C@H](O)[C@@H](O)C(=O)N1CCCC1)C1CCN(c2ccc(F)cc2C#N)CC1. The number of nitrogens with one attached hydrogen (secondary N) is 1. The molecule has 1 aromatic rings. The fourth-order valence-electron chi connectivity index (χ4n) is 4.61. The van der Waals surface area contributed by atoms with Gasteiger partial charge < -0.3 is 25.3 Å². The number of nitrogens with zero attached hydrogens (tertiary/aromatic N) is 3. The van der Waals surface area contributed by atoms with Crippen molar-refractivity contribution in [3.05, 3.63) is 29.6 Å². The molecule has 2 aliphatic rings. The quantitative estimate of drug-likeness (QED) is 0.604. The fourth-order valence-corrected chi connectivity index (χ4v) is 4.61. The summed E-state index contributed by atoms with van der Waals surface area (Å²) in [5, 5.41) is 32.6. The van der Waals surface area contributed by atoms with Gasteiger partial charge in [-0.25, -0.2) is 4.39 Å². The molecule has 2 atom stereocenters. The lowest BCUT2D eigenvalue weighted by molar-refractivity contribution is -0.153. The molecule has 0 aromatic heterocycles. The molecular weight excluding hydrogens is 415 g/mol. The van der Waals surface area contributed by atoms with Crippen LogP contribution >= 0.6 is 0 Å². The molecule has 0 radical (unpaired) electrons. The van der Waals surface area contributed by atoms with Crippen molar-refractivity contribution in [3.63, 3.8) is 0 Å². The Morgan fingerprint density at radius 3 is 2.38 bits per heavy atom. The number of aliphatic hydroxyl groups is 2. The Balaban J connectivity index is 1.57. The van der Waals surface area contributed by atoms with Crippen molar-refractivity contribution in [1.82, 2.24) is 10.2 Å². The van der Waals surface area contributed by atoms with Gasteiger partial charge in [0.1, 0.15) is 11.9 Å². The van der Waals surface area contributed by atoms with Crippen LogP contribution < -0.4 is 10.2 Å². The van der Waals surface area contributed by atoms with Crippen LogP contribution in [0.25, 0.3) is 0 Å². The number of benzene rings is 1. The average Bonchev–Trinajstić information content (AvgIpc) is 3.32. The van der Waals surface area contributed by atoms with Gasteiger partial charge >= 0.3 is 0 Å². The van der Waals surface area contributed by atoms with Crippen LogP contribution in [0.2, 0.25) is 0 Å². The molecule has 0 bridgehead atoms. The minimum atomic E-state index is -1.83. The van der Waals surface area contributed by atoms with Gasteiger partial charge in [-0.3, -0.25) is 9.59 Å². The molecule has 2 aliphatic heterocycles. The summed E-state index contributed by atoms with van der Waals surface area (Å²) in [4.78, 5) is 28.4. The number of likely N-dealkylation sites (tertiary alicyclic amines) is 1. The highest BCUT2D eigenvalue weighted by atomic mass is 19.1. The summed E-state index contributed by atoms with van der Waals surface area (Å²) in [6.45, 7) is 6.01. The predicted molar refractivity (Wildman–Crippen MR) is 116 cm³/mol. The number of anilines is 1. The smallest absolute Gasteiger partial charge is 0.254 e. The second-order valence-corrected chi connectivity index (χ2v) is 9.17. The third kappa shape index (κ3) is 5.19. The normalized spacial score (nSPS) is 19.4. The van der Waals surface area contributed by atoms with Gasteiger partial charge in [0, 0.05) is 31.7 Å². The van der Waals surface area contributed by atoms with E-state index in [9.17, 15) is 29.5 Å². The number of amides is 2. The maximum absolute atomic E-state index is 13.4. The van der Waals surface area contributed by atoms with Gasteiger partial charge in [-0.05, 0) is 63.6 Å². The first kappa shape index (κ1) is 24.0. The van der Waals surface area contributed by atoms with Crippen LogP contribution in [-0.2, 0) is 9.59 Å². The van der Waals surface area contributed by atoms with Crippen molar-refractivity contribution < 1.29 is 24.2 Å². The van der Waals surface area contributed by atoms with Crippen LogP contribution in [-0.4, -0.2) is 70.9 Å². The lowest BCUT2D eigenvalue weighted by Gasteiger charge is -2.42. The standard InChI is InChI=1S/C23H31FN4O4/c1-23(2,26-21(31)19(29)20(30)22(32)28-9-3-4-10-28)16-7-11-27(12-8-16)18-6-5-17(24)13-15(18)14-25/h5-6,13,16,19-20,29-30H,3-4,7-12H2,1-2H3,(H,26,31)/t19-,20-/m1/s1. The van der Waals surface area contributed by atoms with Crippen LogP contribution in [0.5, 0.6) is 0 Å². The molecule has 3 N–H and O–H groups in total. The Kier molecular flexibility index (Phi) is 7.36. The van der Waals surface area contributed by atoms with E-state index < -0.39 is 35.4 Å². The van der Waals surface area contributed by atoms with E-state index in [1.165, 1.54) is 17.0 Å². The lowest BCUT2D eigenvalue weighted by atomic mass is 9.80. The van der Waals surface area contributed by atoms with Crippen LogP contribution in [0.1, 0.15) is 45.1 Å². The molecule has 3 rings (SSSR count). The largest absolute Gasteiger partial charge is 0.380 e. The molecule has 2 heterocycles. The van der Waals surface area contributed by atoms with E-state index in [1.807, 2.05) is 24.8 Å². The Morgan fingerprint density at radius 2 is 1.78 bits per heavy atom. The van der Waals surface area contributed by atoms with E-state index in [0.717, 1.165) is 12.8 Å². The van der Waals surface area contributed by atoms with E-state index in [-0.39, 0.29) is 11.5 Å². The van der Waals surface area contributed by atoms with Crippen molar-refractivity contribution in [2.45, 2.75) is 57.3 Å². The van der Waals surface area contributed by atoms with Crippen molar-refractivity contribution in [2.75, 3.05) is 31.1 Å². The summed E-state index contributed by atoms with van der Waals surface area (Å²) < 4.78 is 13.4. The van der Waals surface area contributed by atoms with Gasteiger partial charge in [0.05, 0.1) is 11.3 Å². The Labute approximate surface area is 187 Å². The van der Waals surface area contributed by atoms with E-state index in [0.29, 0.717) is 44.7 Å².